The third kappa shape index (κ3) is 6.65. The van der Waals surface area contributed by atoms with E-state index < -0.39 is 24.5 Å². The average Bonchev–Trinajstić information content (AvgIpc) is 3.05. The second-order valence-corrected chi connectivity index (χ2v) is 6.13. The van der Waals surface area contributed by atoms with E-state index in [2.05, 4.69) is 10.6 Å². The molecule has 0 aromatic carbocycles. The van der Waals surface area contributed by atoms with Crippen molar-refractivity contribution in [2.45, 2.75) is 38.1 Å². The van der Waals surface area contributed by atoms with Crippen molar-refractivity contribution in [1.29, 1.82) is 0 Å². The van der Waals surface area contributed by atoms with Crippen LogP contribution in [-0.2, 0) is 14.3 Å². The second-order valence-electron chi connectivity index (χ2n) is 5.35. The second kappa shape index (κ2) is 9.09. The Hall–Kier alpha value is -2.15. The first-order chi connectivity index (χ1) is 11.1. The van der Waals surface area contributed by atoms with Gasteiger partial charge in [-0.3, -0.25) is 10.1 Å². The zero-order valence-electron chi connectivity index (χ0n) is 12.7. The van der Waals surface area contributed by atoms with Crippen LogP contribution >= 0.6 is 11.3 Å². The fourth-order valence-corrected chi connectivity index (χ4v) is 2.98. The summed E-state index contributed by atoms with van der Waals surface area (Å²) in [5, 5.41) is 8.69. The fraction of sp³-hybridized carbons (Fsp3) is 0.438. The maximum Gasteiger partial charge on any atom is 0.331 e. The number of esters is 1. The number of hydrogen-bond donors (Lipinski definition) is 2. The number of imide groups is 1. The molecule has 124 valence electrons. The van der Waals surface area contributed by atoms with Crippen molar-refractivity contribution in [3.05, 3.63) is 28.5 Å². The SMILES string of the molecule is O=C(COC(=O)/C=C/c1ccsc1)NC(=O)NC1CCCCC1. The molecule has 0 atom stereocenters. The van der Waals surface area contributed by atoms with Crippen molar-refractivity contribution in [1.82, 2.24) is 10.6 Å². The molecule has 7 heteroatoms. The number of nitrogens with one attached hydrogen (secondary N) is 2. The lowest BCUT2D eigenvalue weighted by atomic mass is 9.96. The molecule has 1 saturated carbocycles. The summed E-state index contributed by atoms with van der Waals surface area (Å²) in [7, 11) is 0. The Balaban J connectivity index is 1.63. The minimum absolute atomic E-state index is 0.118. The minimum atomic E-state index is -0.643. The highest BCUT2D eigenvalue weighted by atomic mass is 32.1. The lowest BCUT2D eigenvalue weighted by Gasteiger charge is -2.22. The Morgan fingerprint density at radius 2 is 2.04 bits per heavy atom. The van der Waals surface area contributed by atoms with Crippen molar-refractivity contribution in [2.75, 3.05) is 6.61 Å². The molecule has 1 heterocycles. The lowest BCUT2D eigenvalue weighted by molar-refractivity contribution is -0.143. The highest BCUT2D eigenvalue weighted by molar-refractivity contribution is 7.08. The van der Waals surface area contributed by atoms with Gasteiger partial charge in [0.2, 0.25) is 0 Å². The molecule has 0 radical (unpaired) electrons. The molecule has 1 aromatic rings. The summed E-state index contributed by atoms with van der Waals surface area (Å²) >= 11 is 1.52. The number of rotatable bonds is 5. The van der Waals surface area contributed by atoms with Gasteiger partial charge in [-0.25, -0.2) is 9.59 Å². The molecule has 2 rings (SSSR count). The first-order valence-corrected chi connectivity index (χ1v) is 8.55. The van der Waals surface area contributed by atoms with Gasteiger partial charge in [0.05, 0.1) is 0 Å². The van der Waals surface area contributed by atoms with Crippen molar-refractivity contribution >= 4 is 35.3 Å². The minimum Gasteiger partial charge on any atom is -0.452 e. The summed E-state index contributed by atoms with van der Waals surface area (Å²) in [4.78, 5) is 34.7. The molecule has 2 N–H and O–H groups in total. The first-order valence-electron chi connectivity index (χ1n) is 7.61. The largest absolute Gasteiger partial charge is 0.452 e. The van der Waals surface area contributed by atoms with Crippen LogP contribution in [0, 0.1) is 0 Å². The topological polar surface area (TPSA) is 84.5 Å². The third-order valence-corrected chi connectivity index (χ3v) is 4.20. The molecule has 0 saturated heterocycles. The number of hydrogen-bond acceptors (Lipinski definition) is 5. The number of amides is 3. The van der Waals surface area contributed by atoms with Gasteiger partial charge in [-0.2, -0.15) is 11.3 Å². The lowest BCUT2D eigenvalue weighted by Crippen LogP contribution is -2.46. The van der Waals surface area contributed by atoms with Crippen LogP contribution in [0.5, 0.6) is 0 Å². The molecule has 1 aliphatic carbocycles. The normalized spacial score (nSPS) is 15.3. The van der Waals surface area contributed by atoms with Crippen LogP contribution in [0.1, 0.15) is 37.7 Å². The highest BCUT2D eigenvalue weighted by Gasteiger charge is 2.17. The summed E-state index contributed by atoms with van der Waals surface area (Å²) in [6.07, 6.45) is 8.09. The number of ether oxygens (including phenoxy) is 1. The van der Waals surface area contributed by atoms with Crippen LogP contribution in [0.25, 0.3) is 6.08 Å². The molecule has 0 bridgehead atoms. The van der Waals surface area contributed by atoms with Gasteiger partial charge in [0.15, 0.2) is 6.61 Å². The van der Waals surface area contributed by atoms with Crippen LogP contribution in [-0.4, -0.2) is 30.6 Å². The van der Waals surface area contributed by atoms with Crippen LogP contribution in [0.4, 0.5) is 4.79 Å². The first kappa shape index (κ1) is 17.2. The molecule has 0 aliphatic heterocycles. The van der Waals surface area contributed by atoms with Crippen molar-refractivity contribution in [2.24, 2.45) is 0 Å². The summed E-state index contributed by atoms with van der Waals surface area (Å²) in [5.74, 6) is -1.27. The molecule has 3 amide bonds. The van der Waals surface area contributed by atoms with Crippen LogP contribution in [0.2, 0.25) is 0 Å². The average molecular weight is 336 g/mol. The van der Waals surface area contributed by atoms with Gasteiger partial charge < -0.3 is 10.1 Å². The van der Waals surface area contributed by atoms with E-state index in [1.54, 1.807) is 6.08 Å². The van der Waals surface area contributed by atoms with E-state index in [0.29, 0.717) is 0 Å². The molecule has 1 aliphatic rings. The van der Waals surface area contributed by atoms with Crippen LogP contribution < -0.4 is 10.6 Å². The van der Waals surface area contributed by atoms with E-state index in [0.717, 1.165) is 31.2 Å². The fourth-order valence-electron chi connectivity index (χ4n) is 2.35. The number of carbonyl (C=O) groups excluding carboxylic acids is 3. The molecule has 23 heavy (non-hydrogen) atoms. The monoisotopic (exact) mass is 336 g/mol. The molecular weight excluding hydrogens is 316 g/mol. The predicted octanol–water partition coefficient (Wildman–Crippen LogP) is 2.46. The van der Waals surface area contributed by atoms with Gasteiger partial charge in [-0.1, -0.05) is 19.3 Å². The smallest absolute Gasteiger partial charge is 0.331 e. The van der Waals surface area contributed by atoms with E-state index >= 15 is 0 Å². The Morgan fingerprint density at radius 3 is 2.74 bits per heavy atom. The number of thiophene rings is 1. The summed E-state index contributed by atoms with van der Waals surface area (Å²) in [6.45, 7) is -0.481. The van der Waals surface area contributed by atoms with E-state index in [1.807, 2.05) is 16.8 Å². The van der Waals surface area contributed by atoms with Gasteiger partial charge in [0, 0.05) is 12.1 Å². The van der Waals surface area contributed by atoms with Gasteiger partial charge >= 0.3 is 12.0 Å². The van der Waals surface area contributed by atoms with E-state index in [1.165, 1.54) is 23.8 Å². The van der Waals surface area contributed by atoms with Gasteiger partial charge in [-0.05, 0) is 41.3 Å². The summed E-state index contributed by atoms with van der Waals surface area (Å²) in [5.41, 5.74) is 0.892. The van der Waals surface area contributed by atoms with E-state index in [-0.39, 0.29) is 6.04 Å². The number of carbonyl (C=O) groups is 3. The van der Waals surface area contributed by atoms with E-state index in [4.69, 9.17) is 4.74 Å². The number of urea groups is 1. The molecule has 0 spiro atoms. The van der Waals surface area contributed by atoms with Crippen LogP contribution in [0.15, 0.2) is 22.9 Å². The quantitative estimate of drug-likeness (QED) is 0.639. The Morgan fingerprint density at radius 1 is 1.26 bits per heavy atom. The highest BCUT2D eigenvalue weighted by Crippen LogP contribution is 2.17. The molecule has 1 aromatic heterocycles. The van der Waals surface area contributed by atoms with E-state index in [9.17, 15) is 14.4 Å². The Kier molecular flexibility index (Phi) is 6.80. The van der Waals surface area contributed by atoms with Gasteiger partial charge in [-0.15, -0.1) is 0 Å². The van der Waals surface area contributed by atoms with Gasteiger partial charge in [0.25, 0.3) is 5.91 Å². The van der Waals surface area contributed by atoms with Crippen molar-refractivity contribution in [3.8, 4) is 0 Å². The van der Waals surface area contributed by atoms with Crippen molar-refractivity contribution < 1.29 is 19.1 Å². The zero-order valence-corrected chi connectivity index (χ0v) is 13.6. The Labute approximate surface area is 138 Å². The summed E-state index contributed by atoms with van der Waals surface area (Å²) in [6, 6.07) is 1.44. The Bertz CT molecular complexity index is 563. The van der Waals surface area contributed by atoms with Crippen molar-refractivity contribution in [3.63, 3.8) is 0 Å². The van der Waals surface area contributed by atoms with Crippen LogP contribution in [0.3, 0.4) is 0 Å². The van der Waals surface area contributed by atoms with Gasteiger partial charge in [0.1, 0.15) is 0 Å². The zero-order chi connectivity index (χ0) is 16.5. The standard InChI is InChI=1S/C16H20N2O4S/c19-14(18-16(21)17-13-4-2-1-3-5-13)10-22-15(20)7-6-12-8-9-23-11-12/h6-9,11,13H,1-5,10H2,(H2,17,18,19,21)/b7-6+. The molecule has 6 nitrogen and oxygen atoms in total. The molecule has 1 fully saturated rings. The molecular formula is C16H20N2O4S. The maximum absolute atomic E-state index is 11.7. The third-order valence-electron chi connectivity index (χ3n) is 3.49. The summed E-state index contributed by atoms with van der Waals surface area (Å²) < 4.78 is 4.78. The molecule has 0 unspecified atom stereocenters. The predicted molar refractivity (Wildman–Crippen MR) is 87.9 cm³/mol. The maximum atomic E-state index is 11.7.